The Labute approximate surface area is 170 Å². The molecule has 0 radical (unpaired) electrons. The third kappa shape index (κ3) is 4.28. The van der Waals surface area contributed by atoms with Gasteiger partial charge in [0.1, 0.15) is 17.3 Å². The molecule has 0 saturated heterocycles. The highest BCUT2D eigenvalue weighted by Gasteiger charge is 2.13. The zero-order chi connectivity index (χ0) is 20.1. The Kier molecular flexibility index (Phi) is 6.21. The van der Waals surface area contributed by atoms with Crippen LogP contribution in [0.3, 0.4) is 0 Å². The minimum Gasteiger partial charge on any atom is -0.495 e. The number of aromatic nitrogens is 2. The van der Waals surface area contributed by atoms with Crippen molar-refractivity contribution in [3.05, 3.63) is 59.2 Å². The Balaban J connectivity index is 1.93. The number of ether oxygens (including phenoxy) is 2. The average Bonchev–Trinajstić information content (AvgIpc) is 2.70. The predicted molar refractivity (Wildman–Crippen MR) is 114 cm³/mol. The molecule has 0 amide bonds. The number of nitrogens with zero attached hydrogens (tertiary/aromatic N) is 3. The Hall–Kier alpha value is -2.99. The monoisotopic (exact) mass is 398 g/mol. The van der Waals surface area contributed by atoms with Gasteiger partial charge in [-0.25, -0.2) is 4.98 Å². The van der Waals surface area contributed by atoms with Gasteiger partial charge in [-0.2, -0.15) is 4.98 Å². The highest BCUT2D eigenvalue weighted by Crippen LogP contribution is 2.37. The second-order valence-corrected chi connectivity index (χ2v) is 6.54. The van der Waals surface area contributed by atoms with E-state index < -0.39 is 0 Å². The topological polar surface area (TPSA) is 59.5 Å². The predicted octanol–water partition coefficient (Wildman–Crippen LogP) is 5.36. The second-order valence-electron chi connectivity index (χ2n) is 6.13. The molecule has 0 aliphatic carbocycles. The molecular formula is C21H23ClN4O2. The Bertz CT molecular complexity index is 965. The maximum Gasteiger partial charge on any atom is 0.229 e. The summed E-state index contributed by atoms with van der Waals surface area (Å²) < 4.78 is 10.7. The van der Waals surface area contributed by atoms with Crippen molar-refractivity contribution in [3.8, 4) is 11.5 Å². The number of hydrogen-bond donors (Lipinski definition) is 1. The maximum absolute atomic E-state index is 6.18. The SMILES string of the molecule is CCN(c1cccc(C)c1)c1ccnc(Nc2cc(OC)c(Cl)cc2OC)n1. The van der Waals surface area contributed by atoms with E-state index in [1.54, 1.807) is 32.5 Å². The summed E-state index contributed by atoms with van der Waals surface area (Å²) in [5.41, 5.74) is 2.94. The first kappa shape index (κ1) is 19.8. The molecule has 0 bridgehead atoms. The van der Waals surface area contributed by atoms with Crippen LogP contribution in [0.1, 0.15) is 12.5 Å². The van der Waals surface area contributed by atoms with Crippen LogP contribution in [-0.2, 0) is 0 Å². The molecule has 146 valence electrons. The number of anilines is 4. The molecule has 1 N–H and O–H groups in total. The van der Waals surface area contributed by atoms with E-state index >= 15 is 0 Å². The fourth-order valence-corrected chi connectivity index (χ4v) is 3.14. The van der Waals surface area contributed by atoms with E-state index in [0.29, 0.717) is 28.2 Å². The highest BCUT2D eigenvalue weighted by atomic mass is 35.5. The Morgan fingerprint density at radius 2 is 1.86 bits per heavy atom. The van der Waals surface area contributed by atoms with Crippen LogP contribution in [0.2, 0.25) is 5.02 Å². The molecule has 0 atom stereocenters. The van der Waals surface area contributed by atoms with Crippen molar-refractivity contribution in [3.63, 3.8) is 0 Å². The van der Waals surface area contributed by atoms with Crippen molar-refractivity contribution in [1.29, 1.82) is 0 Å². The third-order valence-electron chi connectivity index (χ3n) is 4.27. The van der Waals surface area contributed by atoms with E-state index in [2.05, 4.69) is 52.2 Å². The fourth-order valence-electron chi connectivity index (χ4n) is 2.91. The number of halogens is 1. The third-order valence-corrected chi connectivity index (χ3v) is 4.56. The van der Waals surface area contributed by atoms with E-state index in [4.69, 9.17) is 21.1 Å². The molecule has 3 aromatic rings. The van der Waals surface area contributed by atoms with Crippen LogP contribution in [0.4, 0.5) is 23.1 Å². The number of nitrogens with one attached hydrogen (secondary N) is 1. The molecule has 0 saturated carbocycles. The van der Waals surface area contributed by atoms with Crippen molar-refractivity contribution in [2.75, 3.05) is 31.0 Å². The zero-order valence-electron chi connectivity index (χ0n) is 16.4. The van der Waals surface area contributed by atoms with Gasteiger partial charge in [0.05, 0.1) is 24.9 Å². The van der Waals surface area contributed by atoms with Gasteiger partial charge in [-0.05, 0) is 37.6 Å². The van der Waals surface area contributed by atoms with Gasteiger partial charge in [-0.1, -0.05) is 23.7 Å². The molecule has 6 nitrogen and oxygen atoms in total. The van der Waals surface area contributed by atoms with Gasteiger partial charge in [-0.3, -0.25) is 0 Å². The van der Waals surface area contributed by atoms with Crippen LogP contribution in [0.5, 0.6) is 11.5 Å². The van der Waals surface area contributed by atoms with E-state index in [0.717, 1.165) is 18.1 Å². The second kappa shape index (κ2) is 8.80. The van der Waals surface area contributed by atoms with Crippen molar-refractivity contribution >= 4 is 34.7 Å². The van der Waals surface area contributed by atoms with Crippen LogP contribution in [0.25, 0.3) is 0 Å². The van der Waals surface area contributed by atoms with Crippen molar-refractivity contribution in [2.45, 2.75) is 13.8 Å². The fraction of sp³-hybridized carbons (Fsp3) is 0.238. The lowest BCUT2D eigenvalue weighted by Gasteiger charge is -2.23. The number of hydrogen-bond acceptors (Lipinski definition) is 6. The molecule has 2 aromatic carbocycles. The number of rotatable bonds is 7. The van der Waals surface area contributed by atoms with Gasteiger partial charge < -0.3 is 19.7 Å². The van der Waals surface area contributed by atoms with E-state index in [1.165, 1.54) is 5.56 Å². The highest BCUT2D eigenvalue weighted by molar-refractivity contribution is 6.32. The molecule has 0 spiro atoms. The van der Waals surface area contributed by atoms with Crippen molar-refractivity contribution in [2.24, 2.45) is 0 Å². The number of aryl methyl sites for hydroxylation is 1. The molecule has 0 aliphatic rings. The standard InChI is InChI=1S/C21H23ClN4O2/c1-5-26(15-8-6-7-14(2)11-15)20-9-10-23-21(25-20)24-17-13-18(27-3)16(22)12-19(17)28-4/h6-13H,5H2,1-4H3,(H,23,24,25). The molecule has 0 fully saturated rings. The average molecular weight is 399 g/mol. The van der Waals surface area contributed by atoms with Crippen molar-refractivity contribution < 1.29 is 9.47 Å². The first-order valence-corrected chi connectivity index (χ1v) is 9.29. The largest absolute Gasteiger partial charge is 0.495 e. The molecule has 7 heteroatoms. The summed E-state index contributed by atoms with van der Waals surface area (Å²) in [5, 5.41) is 3.66. The smallest absolute Gasteiger partial charge is 0.229 e. The minimum atomic E-state index is 0.450. The van der Waals surface area contributed by atoms with Gasteiger partial charge >= 0.3 is 0 Å². The Morgan fingerprint density at radius 1 is 1.07 bits per heavy atom. The van der Waals surface area contributed by atoms with Crippen LogP contribution in [0.15, 0.2) is 48.7 Å². The van der Waals surface area contributed by atoms with Crippen LogP contribution >= 0.6 is 11.6 Å². The first-order chi connectivity index (χ1) is 13.5. The lowest BCUT2D eigenvalue weighted by Crippen LogP contribution is -2.18. The molecule has 28 heavy (non-hydrogen) atoms. The summed E-state index contributed by atoms with van der Waals surface area (Å²) >= 11 is 6.18. The maximum atomic E-state index is 6.18. The molecule has 3 rings (SSSR count). The normalized spacial score (nSPS) is 10.5. The summed E-state index contributed by atoms with van der Waals surface area (Å²) in [5.74, 6) is 2.36. The lowest BCUT2D eigenvalue weighted by atomic mass is 10.2. The van der Waals surface area contributed by atoms with Gasteiger partial charge in [0.15, 0.2) is 0 Å². The first-order valence-electron chi connectivity index (χ1n) is 8.91. The molecule has 1 aromatic heterocycles. The van der Waals surface area contributed by atoms with E-state index in [1.807, 2.05) is 12.1 Å². The van der Waals surface area contributed by atoms with Crippen LogP contribution < -0.4 is 19.7 Å². The number of benzene rings is 2. The molecule has 0 aliphatic heterocycles. The summed E-state index contributed by atoms with van der Waals surface area (Å²) in [7, 11) is 3.15. The minimum absolute atomic E-state index is 0.450. The van der Waals surface area contributed by atoms with E-state index in [-0.39, 0.29) is 0 Å². The summed E-state index contributed by atoms with van der Waals surface area (Å²) in [4.78, 5) is 11.1. The Morgan fingerprint density at radius 3 is 2.54 bits per heavy atom. The van der Waals surface area contributed by atoms with Crippen LogP contribution in [-0.4, -0.2) is 30.7 Å². The van der Waals surface area contributed by atoms with Crippen LogP contribution in [0, 0.1) is 6.92 Å². The quantitative estimate of drug-likeness (QED) is 0.578. The summed E-state index contributed by atoms with van der Waals surface area (Å²) in [6, 6.07) is 13.7. The number of methoxy groups -OCH3 is 2. The van der Waals surface area contributed by atoms with Gasteiger partial charge in [0, 0.05) is 30.6 Å². The van der Waals surface area contributed by atoms with Gasteiger partial charge in [0.2, 0.25) is 5.95 Å². The van der Waals surface area contributed by atoms with Gasteiger partial charge in [0.25, 0.3) is 0 Å². The molecule has 1 heterocycles. The summed E-state index contributed by atoms with van der Waals surface area (Å²) in [6.07, 6.45) is 1.72. The summed E-state index contributed by atoms with van der Waals surface area (Å²) in [6.45, 7) is 4.94. The van der Waals surface area contributed by atoms with Gasteiger partial charge in [-0.15, -0.1) is 0 Å². The molecular weight excluding hydrogens is 376 g/mol. The molecule has 0 unspecified atom stereocenters. The zero-order valence-corrected chi connectivity index (χ0v) is 17.1. The lowest BCUT2D eigenvalue weighted by molar-refractivity contribution is 0.405. The van der Waals surface area contributed by atoms with Crippen molar-refractivity contribution in [1.82, 2.24) is 9.97 Å². The van der Waals surface area contributed by atoms with E-state index in [9.17, 15) is 0 Å².